The minimum absolute atomic E-state index is 0.0274. The molecule has 12 nitrogen and oxygen atoms in total. The molecule has 0 atom stereocenters. The van der Waals surface area contributed by atoms with Crippen LogP contribution in [0.3, 0.4) is 0 Å². The first-order chi connectivity index (χ1) is 55.5. The summed E-state index contributed by atoms with van der Waals surface area (Å²) in [5, 5.41) is 117. The summed E-state index contributed by atoms with van der Waals surface area (Å²) >= 11 is 37.4. The van der Waals surface area contributed by atoms with E-state index in [9.17, 15) is 61.3 Å². The van der Waals surface area contributed by atoms with E-state index in [-0.39, 0.29) is 76.2 Å². The van der Waals surface area contributed by atoms with Gasteiger partial charge in [0.25, 0.3) is 0 Å². The maximum Gasteiger partial charge on any atom is 0.152 e. The quantitative estimate of drug-likeness (QED) is 0.0547. The van der Waals surface area contributed by atoms with Crippen LogP contribution in [0.15, 0.2) is 212 Å². The van der Waals surface area contributed by atoms with E-state index >= 15 is 0 Å². The van der Waals surface area contributed by atoms with Crippen LogP contribution in [0.4, 0.5) is 0 Å². The van der Waals surface area contributed by atoms with Crippen LogP contribution in [0.25, 0.3) is 0 Å². The van der Waals surface area contributed by atoms with Crippen molar-refractivity contribution in [3.05, 3.63) is 343 Å². The molecule has 1 aliphatic rings. The van der Waals surface area contributed by atoms with E-state index in [1.165, 1.54) is 52.6 Å². The second-order valence-electron chi connectivity index (χ2n) is 32.7. The summed E-state index contributed by atoms with van der Waals surface area (Å²) in [4.78, 5) is 0. The summed E-state index contributed by atoms with van der Waals surface area (Å²) in [5.74, 6) is 2.72. The molecule has 1 aliphatic carbocycles. The predicted octanol–water partition coefficient (Wildman–Crippen LogP) is 28.9. The maximum absolute atomic E-state index is 9.96. The summed E-state index contributed by atoms with van der Waals surface area (Å²) in [5.41, 5.74) is 19.2. The summed E-state index contributed by atoms with van der Waals surface area (Å²) in [6.07, 6.45) is 6.80. The fourth-order valence-electron chi connectivity index (χ4n) is 14.8. The first-order valence-corrected chi connectivity index (χ1v) is 43.3. The summed E-state index contributed by atoms with van der Waals surface area (Å²) in [6.45, 7) is 32.0. The van der Waals surface area contributed by atoms with Crippen molar-refractivity contribution in [2.45, 2.75) is 176 Å². The first-order valence-electron chi connectivity index (χ1n) is 38.6. The van der Waals surface area contributed by atoms with Crippen LogP contribution in [0, 0.1) is 55.4 Å². The van der Waals surface area contributed by atoms with Gasteiger partial charge in [0.2, 0.25) is 0 Å². The van der Waals surface area contributed by atoms with E-state index < -0.39 is 5.41 Å². The molecule has 12 N–H and O–H groups in total. The molecule has 119 heavy (non-hydrogen) atoms. The standard InChI is InChI=1S/C19H24O2.C18H20O2.C17H20O2.C15H12Br4O2.C15H12Cl4O2.C15H16O2/c1-11-7-15(8-12(2)17(11)20)19(5,6)16-9-13(3)18(21)14(4)10-16;19-16-8-4-14(5-9-16)18(12-2-1-3-13-18)15-6-10-17(20)11-7-15;1-10-5-14(6-11(2)16(10)18)9-15-7-12(3)17(19)13(4)8-15;2*1-15(2,7-3-9(16)13(20)10(17)4-7)8-5-11(18)14(21)12(19)6-8;1-15(2,11-3-7-13(16)8-4-11)12-5-9-14(17)10-6-12/h7-10,20-21H,1-6H3;4-11,19-20H,1-3,12-13H2;5-8,18-19H,9H2,1-4H3;2*3-6,20-21H,1-2H3;3-10,16-17H,1-2H3. The average Bonchev–Trinajstić information content (AvgIpc) is 0.780. The normalized spacial score (nSPS) is 12.5. The van der Waals surface area contributed by atoms with Gasteiger partial charge in [0.1, 0.15) is 57.5 Å². The molecule has 628 valence electrons. The van der Waals surface area contributed by atoms with Crippen LogP contribution in [-0.2, 0) is 33.5 Å². The Morgan fingerprint density at radius 2 is 0.454 bits per heavy atom. The highest BCUT2D eigenvalue weighted by molar-refractivity contribution is 9.11. The van der Waals surface area contributed by atoms with E-state index in [0.29, 0.717) is 52.4 Å². The molecule has 1 saturated carbocycles. The lowest BCUT2D eigenvalue weighted by Crippen LogP contribution is -2.30. The third kappa shape index (κ3) is 23.1. The minimum atomic E-state index is -0.526. The van der Waals surface area contributed by atoms with Gasteiger partial charge in [-0.15, -0.1) is 0 Å². The number of halogens is 8. The number of aromatic hydroxyl groups is 12. The Bertz CT molecular complexity index is 4800. The molecule has 1 fully saturated rings. The minimum Gasteiger partial charge on any atom is -0.508 e. The van der Waals surface area contributed by atoms with Gasteiger partial charge in [0.15, 0.2) is 11.5 Å². The lowest BCUT2D eigenvalue weighted by Gasteiger charge is -2.38. The van der Waals surface area contributed by atoms with Crippen LogP contribution in [0.2, 0.25) is 20.1 Å². The maximum atomic E-state index is 9.96. The Morgan fingerprint density at radius 1 is 0.252 bits per heavy atom. The topological polar surface area (TPSA) is 243 Å². The largest absolute Gasteiger partial charge is 0.508 e. The van der Waals surface area contributed by atoms with Crippen molar-refractivity contribution in [3.63, 3.8) is 0 Å². The van der Waals surface area contributed by atoms with Crippen molar-refractivity contribution in [2.75, 3.05) is 0 Å². The fraction of sp³-hybridized carbons (Fsp3) is 0.273. The van der Waals surface area contributed by atoms with E-state index in [1.807, 2.05) is 191 Å². The van der Waals surface area contributed by atoms with Crippen molar-refractivity contribution < 1.29 is 61.3 Å². The zero-order valence-corrected chi connectivity index (χ0v) is 79.0. The van der Waals surface area contributed by atoms with Gasteiger partial charge in [-0.25, -0.2) is 0 Å². The van der Waals surface area contributed by atoms with E-state index in [2.05, 4.69) is 105 Å². The summed E-state index contributed by atoms with van der Waals surface area (Å²) in [6, 6.07) is 60.0. The van der Waals surface area contributed by atoms with Crippen LogP contribution >= 0.6 is 110 Å². The Kier molecular flexibility index (Phi) is 32.1. The highest BCUT2D eigenvalue weighted by Crippen LogP contribution is 2.49. The van der Waals surface area contributed by atoms with Gasteiger partial charge in [0, 0.05) is 27.1 Å². The number of hydrogen-bond donors (Lipinski definition) is 12. The van der Waals surface area contributed by atoms with Gasteiger partial charge in [0.05, 0.1) is 38.0 Å². The smallest absolute Gasteiger partial charge is 0.152 e. The molecular weight excluding hydrogens is 1840 g/mol. The van der Waals surface area contributed by atoms with Crippen molar-refractivity contribution >= 4 is 110 Å². The van der Waals surface area contributed by atoms with E-state index in [0.717, 1.165) is 97.2 Å². The number of phenols is 12. The van der Waals surface area contributed by atoms with Crippen LogP contribution in [0.5, 0.6) is 69.0 Å². The van der Waals surface area contributed by atoms with Crippen molar-refractivity contribution in [1.29, 1.82) is 0 Å². The zero-order valence-electron chi connectivity index (χ0n) is 69.6. The van der Waals surface area contributed by atoms with Crippen molar-refractivity contribution in [2.24, 2.45) is 0 Å². The highest BCUT2D eigenvalue weighted by atomic mass is 79.9. The number of phenolic OH excluding ortho intramolecular Hbond substituents is 12. The number of hydrogen-bond acceptors (Lipinski definition) is 12. The molecular formula is C99H104Br4Cl4O12. The molecule has 12 aromatic rings. The lowest BCUT2D eigenvalue weighted by atomic mass is 9.65. The Hall–Kier alpha value is -8.68. The molecule has 12 aromatic carbocycles. The summed E-state index contributed by atoms with van der Waals surface area (Å²) in [7, 11) is 0. The van der Waals surface area contributed by atoms with Gasteiger partial charge in [-0.2, -0.15) is 0 Å². The molecule has 0 aliphatic heterocycles. The molecule has 0 unspecified atom stereocenters. The van der Waals surface area contributed by atoms with E-state index in [1.54, 1.807) is 72.8 Å². The van der Waals surface area contributed by atoms with E-state index in [4.69, 9.17) is 46.4 Å². The van der Waals surface area contributed by atoms with Crippen LogP contribution in [0.1, 0.15) is 199 Å². The van der Waals surface area contributed by atoms with Crippen molar-refractivity contribution in [1.82, 2.24) is 0 Å². The second-order valence-corrected chi connectivity index (χ2v) is 37.8. The molecule has 0 saturated heterocycles. The van der Waals surface area contributed by atoms with Crippen LogP contribution < -0.4 is 0 Å². The molecule has 0 amide bonds. The van der Waals surface area contributed by atoms with Crippen molar-refractivity contribution in [3.8, 4) is 69.0 Å². The van der Waals surface area contributed by atoms with Crippen LogP contribution in [-0.4, -0.2) is 61.3 Å². The molecule has 0 heterocycles. The molecule has 0 spiro atoms. The lowest BCUT2D eigenvalue weighted by molar-refractivity contribution is 0.345. The number of aryl methyl sites for hydroxylation is 8. The molecule has 13 rings (SSSR count). The Morgan fingerprint density at radius 3 is 0.697 bits per heavy atom. The second kappa shape index (κ2) is 39.9. The highest BCUT2D eigenvalue weighted by Gasteiger charge is 2.36. The molecule has 0 aromatic heterocycles. The van der Waals surface area contributed by atoms with Gasteiger partial charge < -0.3 is 61.3 Å². The summed E-state index contributed by atoms with van der Waals surface area (Å²) < 4.78 is 2.54. The zero-order chi connectivity index (χ0) is 88.5. The SMILES string of the molecule is CC(C)(c1cc(Br)c(O)c(Br)c1)c1cc(Br)c(O)c(Br)c1.CC(C)(c1cc(Cl)c(O)c(Cl)c1)c1cc(Cl)c(O)c(Cl)c1.CC(C)(c1ccc(O)cc1)c1ccc(O)cc1.Cc1cc(C(C)(C)c2cc(C)c(O)c(C)c2)cc(C)c1O.Cc1cc(Cc2cc(C)c(O)c(C)c2)cc(C)c1O.Oc1ccc(C2(c3ccc(O)cc3)CCCCC2)cc1. The monoisotopic (exact) mass is 1940 g/mol. The Balaban J connectivity index is 0.000000178. The third-order valence-electron chi connectivity index (χ3n) is 22.6. The van der Waals surface area contributed by atoms with Gasteiger partial charge in [-0.3, -0.25) is 0 Å². The predicted molar refractivity (Wildman–Crippen MR) is 501 cm³/mol. The van der Waals surface area contributed by atoms with Gasteiger partial charge >= 0.3 is 0 Å². The van der Waals surface area contributed by atoms with Gasteiger partial charge in [-0.1, -0.05) is 218 Å². The average molecular weight is 1950 g/mol. The fourth-order valence-corrected chi connectivity index (χ4v) is 18.1. The Labute approximate surface area is 753 Å². The molecule has 20 heteroatoms. The molecule has 0 radical (unpaired) electrons. The van der Waals surface area contributed by atoms with Gasteiger partial charge in [-0.05, 0) is 347 Å². The third-order valence-corrected chi connectivity index (χ3v) is 26.2. The number of rotatable bonds is 12. The molecule has 0 bridgehead atoms. The number of benzene rings is 12. The first kappa shape index (κ1) is 95.8.